The van der Waals surface area contributed by atoms with Gasteiger partial charge in [0.2, 0.25) is 0 Å². The predicted octanol–water partition coefficient (Wildman–Crippen LogP) is 3.71. The van der Waals surface area contributed by atoms with E-state index in [-0.39, 0.29) is 0 Å². The van der Waals surface area contributed by atoms with Gasteiger partial charge < -0.3 is 10.2 Å². The number of halogens is 1. The minimum Gasteiger partial charge on any atom is -0.309 e. The number of nitrogens with zero attached hydrogens (tertiary/aromatic N) is 1. The summed E-state index contributed by atoms with van der Waals surface area (Å²) in [7, 11) is 0. The van der Waals surface area contributed by atoms with Crippen molar-refractivity contribution in [2.75, 3.05) is 26.2 Å². The zero-order valence-electron chi connectivity index (χ0n) is 11.3. The molecule has 0 saturated carbocycles. The average Bonchev–Trinajstić information content (AvgIpc) is 2.75. The summed E-state index contributed by atoms with van der Waals surface area (Å²) in [6, 6.07) is 2.68. The van der Waals surface area contributed by atoms with Crippen molar-refractivity contribution in [1.29, 1.82) is 0 Å². The van der Waals surface area contributed by atoms with Crippen molar-refractivity contribution in [3.05, 3.63) is 20.8 Å². The summed E-state index contributed by atoms with van der Waals surface area (Å²) >= 11 is 7.89. The van der Waals surface area contributed by atoms with Gasteiger partial charge in [-0.15, -0.1) is 11.3 Å². The molecule has 0 aromatic carbocycles. The number of fused-ring (bicyclic) bond motifs is 1. The lowest BCUT2D eigenvalue weighted by molar-refractivity contribution is 0.293. The fraction of sp³-hybridized carbons (Fsp3) is 0.714. The standard InChI is InChI=1S/C14H23ClN2S/c1-3-17(4-2)9-8-16-12-6-5-7-13-11(12)10-14(15)18-13/h10,12,16H,3-9H2,1-2H3. The normalized spacial score (nSPS) is 19.2. The maximum Gasteiger partial charge on any atom is 0.0934 e. The third-order valence-corrected chi connectivity index (χ3v) is 5.14. The number of thiophene rings is 1. The van der Waals surface area contributed by atoms with Gasteiger partial charge in [-0.1, -0.05) is 25.4 Å². The Bertz CT molecular complexity index is 374. The van der Waals surface area contributed by atoms with Gasteiger partial charge in [0.25, 0.3) is 0 Å². The minimum absolute atomic E-state index is 0.521. The number of rotatable bonds is 6. The molecule has 0 amide bonds. The molecule has 1 N–H and O–H groups in total. The third-order valence-electron chi connectivity index (χ3n) is 3.80. The lowest BCUT2D eigenvalue weighted by atomic mass is 9.94. The Hall–Kier alpha value is -0.0900. The first kappa shape index (κ1) is 14.3. The van der Waals surface area contributed by atoms with E-state index in [1.54, 1.807) is 11.3 Å². The Balaban J connectivity index is 1.87. The van der Waals surface area contributed by atoms with E-state index >= 15 is 0 Å². The van der Waals surface area contributed by atoms with Gasteiger partial charge in [0.1, 0.15) is 0 Å². The lowest BCUT2D eigenvalue weighted by Gasteiger charge is -2.25. The SMILES string of the molecule is CCN(CC)CCNC1CCCc2sc(Cl)cc21. The molecule has 2 rings (SSSR count). The van der Waals surface area contributed by atoms with Crippen molar-refractivity contribution in [3.63, 3.8) is 0 Å². The first-order valence-corrected chi connectivity index (χ1v) is 8.17. The Labute approximate surface area is 119 Å². The van der Waals surface area contributed by atoms with Crippen molar-refractivity contribution < 1.29 is 0 Å². The molecule has 102 valence electrons. The highest BCUT2D eigenvalue weighted by Crippen LogP contribution is 2.37. The number of hydrogen-bond donors (Lipinski definition) is 1. The molecule has 0 fully saturated rings. The van der Waals surface area contributed by atoms with E-state index in [4.69, 9.17) is 11.6 Å². The van der Waals surface area contributed by atoms with Gasteiger partial charge in [-0.3, -0.25) is 0 Å². The Morgan fingerprint density at radius 1 is 1.44 bits per heavy atom. The predicted molar refractivity (Wildman–Crippen MR) is 80.8 cm³/mol. The first-order chi connectivity index (χ1) is 8.74. The van der Waals surface area contributed by atoms with E-state index in [0.717, 1.165) is 30.5 Å². The number of nitrogens with one attached hydrogen (secondary N) is 1. The van der Waals surface area contributed by atoms with Crippen LogP contribution >= 0.6 is 22.9 Å². The summed E-state index contributed by atoms with van der Waals surface area (Å²) in [6.45, 7) is 8.93. The zero-order chi connectivity index (χ0) is 13.0. The summed E-state index contributed by atoms with van der Waals surface area (Å²) in [5, 5.41) is 3.70. The molecule has 0 radical (unpaired) electrons. The zero-order valence-corrected chi connectivity index (χ0v) is 12.9. The molecule has 18 heavy (non-hydrogen) atoms. The van der Waals surface area contributed by atoms with Gasteiger partial charge in [-0.25, -0.2) is 0 Å². The minimum atomic E-state index is 0.521. The fourth-order valence-corrected chi connectivity index (χ4v) is 4.05. The smallest absolute Gasteiger partial charge is 0.0934 e. The van der Waals surface area contributed by atoms with Crippen LogP contribution < -0.4 is 5.32 Å². The van der Waals surface area contributed by atoms with E-state index in [1.165, 1.54) is 29.7 Å². The topological polar surface area (TPSA) is 15.3 Å². The van der Waals surface area contributed by atoms with Crippen LogP contribution in [0.25, 0.3) is 0 Å². The highest BCUT2D eigenvalue weighted by molar-refractivity contribution is 7.16. The second kappa shape index (κ2) is 6.90. The van der Waals surface area contributed by atoms with Gasteiger partial charge in [0.05, 0.1) is 4.34 Å². The fourth-order valence-electron chi connectivity index (χ4n) is 2.67. The van der Waals surface area contributed by atoms with Crippen LogP contribution in [-0.4, -0.2) is 31.1 Å². The molecule has 1 heterocycles. The molecule has 0 aliphatic heterocycles. The summed E-state index contributed by atoms with van der Waals surface area (Å²) in [6.07, 6.45) is 3.74. The van der Waals surface area contributed by atoms with Crippen LogP contribution in [0, 0.1) is 0 Å². The van der Waals surface area contributed by atoms with Crippen molar-refractivity contribution in [3.8, 4) is 0 Å². The van der Waals surface area contributed by atoms with E-state index in [9.17, 15) is 0 Å². The van der Waals surface area contributed by atoms with Crippen molar-refractivity contribution in [2.24, 2.45) is 0 Å². The lowest BCUT2D eigenvalue weighted by Crippen LogP contribution is -2.34. The molecule has 0 saturated heterocycles. The second-order valence-corrected chi connectivity index (χ2v) is 6.62. The largest absolute Gasteiger partial charge is 0.309 e. The number of likely N-dealkylation sites (N-methyl/N-ethyl adjacent to an activating group) is 1. The average molecular weight is 287 g/mol. The van der Waals surface area contributed by atoms with Gasteiger partial charge in [-0.2, -0.15) is 0 Å². The quantitative estimate of drug-likeness (QED) is 0.858. The molecule has 4 heteroatoms. The van der Waals surface area contributed by atoms with Crippen LogP contribution in [0.1, 0.15) is 43.2 Å². The maximum absolute atomic E-state index is 6.13. The summed E-state index contributed by atoms with van der Waals surface area (Å²) < 4.78 is 0.942. The molecule has 1 aliphatic carbocycles. The molecule has 1 aromatic rings. The highest BCUT2D eigenvalue weighted by atomic mass is 35.5. The van der Waals surface area contributed by atoms with Crippen LogP contribution in [0.5, 0.6) is 0 Å². The van der Waals surface area contributed by atoms with Crippen LogP contribution in [0.3, 0.4) is 0 Å². The molecule has 1 atom stereocenters. The number of hydrogen-bond acceptors (Lipinski definition) is 3. The van der Waals surface area contributed by atoms with Gasteiger partial charge >= 0.3 is 0 Å². The molecular formula is C14H23ClN2S. The van der Waals surface area contributed by atoms with E-state index in [2.05, 4.69) is 30.1 Å². The Kier molecular flexibility index (Phi) is 5.49. The van der Waals surface area contributed by atoms with E-state index < -0.39 is 0 Å². The monoisotopic (exact) mass is 286 g/mol. The van der Waals surface area contributed by atoms with Crippen LogP contribution in [0.2, 0.25) is 4.34 Å². The first-order valence-electron chi connectivity index (χ1n) is 6.98. The van der Waals surface area contributed by atoms with Crippen LogP contribution in [0.15, 0.2) is 6.07 Å². The van der Waals surface area contributed by atoms with Crippen molar-refractivity contribution in [2.45, 2.75) is 39.2 Å². The molecule has 1 aromatic heterocycles. The summed E-state index contributed by atoms with van der Waals surface area (Å²) in [4.78, 5) is 3.95. The summed E-state index contributed by atoms with van der Waals surface area (Å²) in [5.41, 5.74) is 1.45. The van der Waals surface area contributed by atoms with Gasteiger partial charge in [-0.05, 0) is 44.0 Å². The van der Waals surface area contributed by atoms with Gasteiger partial charge in [0.15, 0.2) is 0 Å². The molecular weight excluding hydrogens is 264 g/mol. The van der Waals surface area contributed by atoms with Gasteiger partial charge in [0, 0.05) is 24.0 Å². The molecule has 2 nitrogen and oxygen atoms in total. The van der Waals surface area contributed by atoms with Crippen LogP contribution in [0.4, 0.5) is 0 Å². The van der Waals surface area contributed by atoms with Crippen LogP contribution in [-0.2, 0) is 6.42 Å². The summed E-state index contributed by atoms with van der Waals surface area (Å²) in [5.74, 6) is 0. The Morgan fingerprint density at radius 2 is 2.22 bits per heavy atom. The van der Waals surface area contributed by atoms with E-state index in [1.807, 2.05) is 0 Å². The third kappa shape index (κ3) is 3.47. The highest BCUT2D eigenvalue weighted by Gasteiger charge is 2.22. The second-order valence-electron chi connectivity index (χ2n) is 4.85. The van der Waals surface area contributed by atoms with Crippen molar-refractivity contribution >= 4 is 22.9 Å². The molecule has 1 aliphatic rings. The molecule has 0 spiro atoms. The molecule has 1 unspecified atom stereocenters. The van der Waals surface area contributed by atoms with Crippen molar-refractivity contribution in [1.82, 2.24) is 10.2 Å². The maximum atomic E-state index is 6.13. The Morgan fingerprint density at radius 3 is 2.94 bits per heavy atom. The molecule has 0 bridgehead atoms. The number of aryl methyl sites for hydroxylation is 1. The van der Waals surface area contributed by atoms with E-state index in [0.29, 0.717) is 6.04 Å².